The molecule has 200 valence electrons. The highest BCUT2D eigenvalue weighted by Crippen LogP contribution is 2.30. The molecule has 1 saturated carbocycles. The van der Waals surface area contributed by atoms with Gasteiger partial charge in [0.1, 0.15) is 0 Å². The second-order valence-corrected chi connectivity index (χ2v) is 10.1. The molecule has 1 aromatic heterocycles. The van der Waals surface area contributed by atoms with E-state index in [2.05, 4.69) is 10.3 Å². The van der Waals surface area contributed by atoms with Crippen LogP contribution in [0.1, 0.15) is 48.9 Å². The third kappa shape index (κ3) is 5.85. The van der Waals surface area contributed by atoms with E-state index in [1.54, 1.807) is 28.6 Å². The lowest BCUT2D eigenvalue weighted by Crippen LogP contribution is -2.33. The molecule has 8 nitrogen and oxygen atoms in total. The summed E-state index contributed by atoms with van der Waals surface area (Å²) >= 11 is 0. The number of fused-ring (bicyclic) bond motifs is 1. The molecule has 0 aliphatic heterocycles. The lowest BCUT2D eigenvalue weighted by Gasteiger charge is -2.26. The summed E-state index contributed by atoms with van der Waals surface area (Å²) in [7, 11) is 1.80. The van der Waals surface area contributed by atoms with Crippen LogP contribution in [-0.4, -0.2) is 34.3 Å². The number of aromatic nitrogens is 2. The van der Waals surface area contributed by atoms with Crippen molar-refractivity contribution in [3.05, 3.63) is 78.4 Å². The van der Waals surface area contributed by atoms with Crippen molar-refractivity contribution in [3.8, 4) is 11.1 Å². The van der Waals surface area contributed by atoms with Crippen LogP contribution in [-0.2, 0) is 16.1 Å². The van der Waals surface area contributed by atoms with Crippen LogP contribution < -0.4 is 16.0 Å². The largest absolute Gasteiger partial charge is 0.370 e. The van der Waals surface area contributed by atoms with E-state index in [1.165, 1.54) is 6.42 Å². The zero-order valence-corrected chi connectivity index (χ0v) is 22.1. The van der Waals surface area contributed by atoms with Gasteiger partial charge in [-0.2, -0.15) is 0 Å². The fourth-order valence-corrected chi connectivity index (χ4v) is 5.24. The van der Waals surface area contributed by atoms with Crippen LogP contribution in [0.4, 0.5) is 11.6 Å². The van der Waals surface area contributed by atoms with E-state index < -0.39 is 5.91 Å². The number of hydrogen-bond donors (Lipinski definition) is 2. The number of anilines is 2. The van der Waals surface area contributed by atoms with Gasteiger partial charge in [-0.15, -0.1) is 0 Å². The molecule has 3 N–H and O–H groups in total. The normalized spacial score (nSPS) is 13.8. The van der Waals surface area contributed by atoms with Crippen LogP contribution in [0.25, 0.3) is 22.2 Å². The third-order valence-corrected chi connectivity index (χ3v) is 7.47. The zero-order chi connectivity index (χ0) is 27.4. The van der Waals surface area contributed by atoms with Crippen molar-refractivity contribution < 1.29 is 14.4 Å². The summed E-state index contributed by atoms with van der Waals surface area (Å²) in [6.45, 7) is 0.268. The number of amides is 3. The Morgan fingerprint density at radius 1 is 0.949 bits per heavy atom. The molecule has 8 heteroatoms. The van der Waals surface area contributed by atoms with E-state index in [4.69, 9.17) is 5.73 Å². The maximum atomic E-state index is 13.2. The summed E-state index contributed by atoms with van der Waals surface area (Å²) in [6.07, 6.45) is 5.32. The van der Waals surface area contributed by atoms with Gasteiger partial charge in [0, 0.05) is 37.2 Å². The van der Waals surface area contributed by atoms with E-state index in [0.717, 1.165) is 48.0 Å². The van der Waals surface area contributed by atoms with Gasteiger partial charge in [-0.3, -0.25) is 19.7 Å². The van der Waals surface area contributed by atoms with E-state index in [1.807, 2.05) is 60.7 Å². The summed E-state index contributed by atoms with van der Waals surface area (Å²) in [6, 6.07) is 22.9. The number of hydrogen-bond acceptors (Lipinski definition) is 4. The number of nitrogens with zero attached hydrogens (tertiary/aromatic N) is 3. The predicted octanol–water partition coefficient (Wildman–Crippen LogP) is 5.37. The molecule has 0 atom stereocenters. The van der Waals surface area contributed by atoms with Crippen molar-refractivity contribution in [2.75, 3.05) is 17.3 Å². The minimum absolute atomic E-state index is 0.0516. The standard InChI is InChI=1S/C31H33N5O3/c1-35(30(39)24-10-6-3-7-11-24)25-16-17-27-26(20-25)33-31(36(27)19-18-28(32)37)34-29(38)23-14-12-22(13-15-23)21-8-4-2-5-9-21/h2,4-5,8-9,12-17,20,24H,3,6-7,10-11,18-19H2,1H3,(H2,32,37)(H,33,34,38). The monoisotopic (exact) mass is 523 g/mol. The minimum Gasteiger partial charge on any atom is -0.370 e. The highest BCUT2D eigenvalue weighted by molar-refractivity contribution is 6.04. The predicted molar refractivity (Wildman–Crippen MR) is 153 cm³/mol. The Balaban J connectivity index is 1.40. The molecule has 1 aliphatic rings. The molecule has 5 rings (SSSR count). The maximum Gasteiger partial charge on any atom is 0.257 e. The van der Waals surface area contributed by atoms with Crippen molar-refractivity contribution >= 4 is 40.4 Å². The molecule has 0 bridgehead atoms. The topological polar surface area (TPSA) is 110 Å². The fraction of sp³-hybridized carbons (Fsp3) is 0.290. The van der Waals surface area contributed by atoms with Crippen LogP contribution in [0.3, 0.4) is 0 Å². The first-order valence-corrected chi connectivity index (χ1v) is 13.4. The van der Waals surface area contributed by atoms with Crippen LogP contribution in [0.5, 0.6) is 0 Å². The molecule has 39 heavy (non-hydrogen) atoms. The van der Waals surface area contributed by atoms with Gasteiger partial charge in [-0.1, -0.05) is 61.7 Å². The Bertz CT molecular complexity index is 1490. The first kappa shape index (κ1) is 26.2. The number of primary amides is 1. The number of nitrogens with two attached hydrogens (primary N) is 1. The fourth-order valence-electron chi connectivity index (χ4n) is 5.24. The molecule has 4 aromatic rings. The van der Waals surface area contributed by atoms with Gasteiger partial charge >= 0.3 is 0 Å². The molecule has 0 saturated heterocycles. The maximum absolute atomic E-state index is 13.2. The van der Waals surface area contributed by atoms with Gasteiger partial charge in [0.25, 0.3) is 5.91 Å². The number of benzene rings is 3. The van der Waals surface area contributed by atoms with E-state index in [-0.39, 0.29) is 30.7 Å². The number of carbonyl (C=O) groups excluding carboxylic acids is 3. The lowest BCUT2D eigenvalue weighted by atomic mass is 9.88. The summed E-state index contributed by atoms with van der Waals surface area (Å²) in [5.41, 5.74) is 10.1. The van der Waals surface area contributed by atoms with Gasteiger partial charge in [0.2, 0.25) is 17.8 Å². The van der Waals surface area contributed by atoms with Crippen molar-refractivity contribution in [2.24, 2.45) is 11.7 Å². The van der Waals surface area contributed by atoms with Crippen LogP contribution in [0.2, 0.25) is 0 Å². The Labute approximate surface area is 227 Å². The van der Waals surface area contributed by atoms with Crippen LogP contribution in [0, 0.1) is 5.92 Å². The molecular weight excluding hydrogens is 490 g/mol. The van der Waals surface area contributed by atoms with Crippen molar-refractivity contribution in [1.82, 2.24) is 9.55 Å². The average Bonchev–Trinajstić information content (AvgIpc) is 3.32. The van der Waals surface area contributed by atoms with E-state index in [9.17, 15) is 14.4 Å². The minimum atomic E-state index is -0.444. The van der Waals surface area contributed by atoms with Gasteiger partial charge in [-0.25, -0.2) is 4.98 Å². The first-order valence-electron chi connectivity index (χ1n) is 13.4. The SMILES string of the molecule is CN(C(=O)C1CCCCC1)c1ccc2c(c1)nc(NC(=O)c1ccc(-c3ccccc3)cc1)n2CCC(N)=O. The molecular formula is C31H33N5O3. The number of carbonyl (C=O) groups is 3. The second kappa shape index (κ2) is 11.5. The molecule has 3 aromatic carbocycles. The molecule has 3 amide bonds. The Morgan fingerprint density at radius 2 is 1.64 bits per heavy atom. The van der Waals surface area contributed by atoms with E-state index >= 15 is 0 Å². The molecule has 1 fully saturated rings. The van der Waals surface area contributed by atoms with Crippen LogP contribution in [0.15, 0.2) is 72.8 Å². The molecule has 0 spiro atoms. The first-order chi connectivity index (χ1) is 18.9. The Morgan fingerprint density at radius 3 is 2.33 bits per heavy atom. The van der Waals surface area contributed by atoms with Gasteiger partial charge in [0.05, 0.1) is 11.0 Å². The van der Waals surface area contributed by atoms with Gasteiger partial charge in [-0.05, 0) is 54.3 Å². The van der Waals surface area contributed by atoms with Gasteiger partial charge < -0.3 is 15.2 Å². The zero-order valence-electron chi connectivity index (χ0n) is 22.1. The quantitative estimate of drug-likeness (QED) is 0.323. The third-order valence-electron chi connectivity index (χ3n) is 7.47. The van der Waals surface area contributed by atoms with Gasteiger partial charge in [0.15, 0.2) is 0 Å². The summed E-state index contributed by atoms with van der Waals surface area (Å²) in [4.78, 5) is 44.2. The smallest absolute Gasteiger partial charge is 0.257 e. The molecule has 0 radical (unpaired) electrons. The highest BCUT2D eigenvalue weighted by atomic mass is 16.2. The summed E-state index contributed by atoms with van der Waals surface area (Å²) < 4.78 is 1.78. The summed E-state index contributed by atoms with van der Waals surface area (Å²) in [5.74, 6) is -0.262. The van der Waals surface area contributed by atoms with E-state index in [0.29, 0.717) is 17.0 Å². The van der Waals surface area contributed by atoms with Crippen LogP contribution >= 0.6 is 0 Å². The highest BCUT2D eigenvalue weighted by Gasteiger charge is 2.25. The average molecular weight is 524 g/mol. The number of imidazole rings is 1. The number of nitrogens with one attached hydrogen (secondary N) is 1. The Kier molecular flexibility index (Phi) is 7.72. The Hall–Kier alpha value is -4.46. The summed E-state index contributed by atoms with van der Waals surface area (Å²) in [5, 5.41) is 2.90. The molecule has 0 unspecified atom stereocenters. The molecule has 1 aliphatic carbocycles. The number of rotatable bonds is 8. The second-order valence-electron chi connectivity index (χ2n) is 10.1. The van der Waals surface area contributed by atoms with Crippen molar-refractivity contribution in [3.63, 3.8) is 0 Å². The molecule has 1 heterocycles. The number of aryl methyl sites for hydroxylation is 1. The van der Waals surface area contributed by atoms with Crippen molar-refractivity contribution in [2.45, 2.75) is 45.1 Å². The van der Waals surface area contributed by atoms with Crippen molar-refractivity contribution in [1.29, 1.82) is 0 Å². The lowest BCUT2D eigenvalue weighted by molar-refractivity contribution is -0.123.